The summed E-state index contributed by atoms with van der Waals surface area (Å²) in [5, 5.41) is 9.25. The van der Waals surface area contributed by atoms with E-state index in [1.165, 1.54) is 7.11 Å². The standard InChI is InChI=1S/C10H9ClN4O2/c1-17-10-13-9(14-15-10)12-8(16)6-3-2-4-7(11)5-6/h2-5H,1H3,(H2,12,13,14,15,16). The van der Waals surface area contributed by atoms with Crippen molar-refractivity contribution < 1.29 is 9.53 Å². The molecule has 0 aliphatic carbocycles. The monoisotopic (exact) mass is 252 g/mol. The largest absolute Gasteiger partial charge is 0.466 e. The summed E-state index contributed by atoms with van der Waals surface area (Å²) in [6.07, 6.45) is 0. The molecule has 2 rings (SSSR count). The lowest BCUT2D eigenvalue weighted by molar-refractivity contribution is 0.102. The predicted molar refractivity (Wildman–Crippen MR) is 62.3 cm³/mol. The minimum Gasteiger partial charge on any atom is -0.466 e. The fraction of sp³-hybridized carbons (Fsp3) is 0.100. The number of benzene rings is 1. The first-order valence-electron chi connectivity index (χ1n) is 4.72. The highest BCUT2D eigenvalue weighted by Crippen LogP contribution is 2.12. The van der Waals surface area contributed by atoms with Gasteiger partial charge >= 0.3 is 6.01 Å². The normalized spacial score (nSPS) is 10.0. The molecule has 2 aromatic rings. The lowest BCUT2D eigenvalue weighted by Crippen LogP contribution is -2.12. The Labute approximate surface area is 102 Å². The second kappa shape index (κ2) is 4.84. The average Bonchev–Trinajstić information content (AvgIpc) is 2.77. The van der Waals surface area contributed by atoms with Gasteiger partial charge in [-0.25, -0.2) is 5.10 Å². The maximum absolute atomic E-state index is 11.8. The number of methoxy groups -OCH3 is 1. The van der Waals surface area contributed by atoms with Crippen molar-refractivity contribution >= 4 is 23.5 Å². The Morgan fingerprint density at radius 1 is 1.53 bits per heavy atom. The second-order valence-electron chi connectivity index (χ2n) is 3.14. The zero-order chi connectivity index (χ0) is 12.3. The summed E-state index contributed by atoms with van der Waals surface area (Å²) < 4.78 is 4.78. The molecule has 0 bridgehead atoms. The Bertz CT molecular complexity index is 541. The SMILES string of the molecule is COc1n[nH]c(NC(=O)c2cccc(Cl)c2)n1. The quantitative estimate of drug-likeness (QED) is 0.872. The Morgan fingerprint density at radius 3 is 3.00 bits per heavy atom. The van der Waals surface area contributed by atoms with E-state index in [-0.39, 0.29) is 17.9 Å². The van der Waals surface area contributed by atoms with Gasteiger partial charge in [-0.3, -0.25) is 10.1 Å². The number of aromatic amines is 1. The van der Waals surface area contributed by atoms with Gasteiger partial charge in [0.25, 0.3) is 5.91 Å². The molecule has 1 aromatic heterocycles. The van der Waals surface area contributed by atoms with Crippen LogP contribution in [0.4, 0.5) is 5.95 Å². The number of aromatic nitrogens is 3. The van der Waals surface area contributed by atoms with Gasteiger partial charge in [-0.15, -0.1) is 5.10 Å². The first kappa shape index (κ1) is 11.4. The van der Waals surface area contributed by atoms with Crippen LogP contribution in [0.3, 0.4) is 0 Å². The Hall–Kier alpha value is -2.08. The highest BCUT2D eigenvalue weighted by atomic mass is 35.5. The van der Waals surface area contributed by atoms with Crippen molar-refractivity contribution in [2.24, 2.45) is 0 Å². The lowest BCUT2D eigenvalue weighted by Gasteiger charge is -2.01. The summed E-state index contributed by atoms with van der Waals surface area (Å²) in [6.45, 7) is 0. The maximum Gasteiger partial charge on any atom is 0.336 e. The number of halogens is 1. The molecule has 7 heteroatoms. The van der Waals surface area contributed by atoms with Gasteiger partial charge in [0.05, 0.1) is 7.11 Å². The smallest absolute Gasteiger partial charge is 0.336 e. The highest BCUT2D eigenvalue weighted by Gasteiger charge is 2.09. The van der Waals surface area contributed by atoms with Crippen molar-refractivity contribution in [3.05, 3.63) is 34.9 Å². The van der Waals surface area contributed by atoms with E-state index >= 15 is 0 Å². The van der Waals surface area contributed by atoms with Gasteiger partial charge in [0, 0.05) is 10.6 Å². The van der Waals surface area contributed by atoms with E-state index in [0.717, 1.165) is 0 Å². The molecule has 0 spiro atoms. The van der Waals surface area contributed by atoms with E-state index in [2.05, 4.69) is 20.5 Å². The molecule has 2 N–H and O–H groups in total. The number of H-pyrrole nitrogens is 1. The van der Waals surface area contributed by atoms with Crippen LogP contribution in [0.25, 0.3) is 0 Å². The van der Waals surface area contributed by atoms with Crippen molar-refractivity contribution in [1.82, 2.24) is 15.2 Å². The van der Waals surface area contributed by atoms with Crippen LogP contribution in [0.1, 0.15) is 10.4 Å². The van der Waals surface area contributed by atoms with Gasteiger partial charge in [0.2, 0.25) is 5.95 Å². The van der Waals surface area contributed by atoms with Gasteiger partial charge < -0.3 is 4.74 Å². The van der Waals surface area contributed by atoms with Crippen LogP contribution in [-0.2, 0) is 0 Å². The average molecular weight is 253 g/mol. The van der Waals surface area contributed by atoms with Gasteiger partial charge in [-0.2, -0.15) is 4.98 Å². The van der Waals surface area contributed by atoms with Crippen molar-refractivity contribution in [2.75, 3.05) is 12.4 Å². The lowest BCUT2D eigenvalue weighted by atomic mass is 10.2. The number of ether oxygens (including phenoxy) is 1. The molecule has 88 valence electrons. The molecule has 0 unspecified atom stereocenters. The number of carbonyl (C=O) groups is 1. The molecular weight excluding hydrogens is 244 g/mol. The van der Waals surface area contributed by atoms with Crippen molar-refractivity contribution in [2.45, 2.75) is 0 Å². The molecule has 1 heterocycles. The number of anilines is 1. The summed E-state index contributed by atoms with van der Waals surface area (Å²) in [6, 6.07) is 6.75. The predicted octanol–water partition coefficient (Wildman–Crippen LogP) is 1.72. The number of nitrogens with zero attached hydrogens (tertiary/aromatic N) is 2. The van der Waals surface area contributed by atoms with Crippen LogP contribution in [0.15, 0.2) is 24.3 Å². The van der Waals surface area contributed by atoms with E-state index in [1.54, 1.807) is 24.3 Å². The number of hydrogen-bond donors (Lipinski definition) is 2. The van der Waals surface area contributed by atoms with E-state index in [4.69, 9.17) is 16.3 Å². The van der Waals surface area contributed by atoms with Crippen molar-refractivity contribution in [1.29, 1.82) is 0 Å². The molecule has 0 aliphatic heterocycles. The number of nitrogens with one attached hydrogen (secondary N) is 2. The van der Waals surface area contributed by atoms with Crippen LogP contribution >= 0.6 is 11.6 Å². The third-order valence-electron chi connectivity index (χ3n) is 1.97. The van der Waals surface area contributed by atoms with Gasteiger partial charge in [-0.1, -0.05) is 17.7 Å². The Morgan fingerprint density at radius 2 is 2.35 bits per heavy atom. The molecule has 0 saturated carbocycles. The van der Waals surface area contributed by atoms with E-state index in [9.17, 15) is 4.79 Å². The number of hydrogen-bond acceptors (Lipinski definition) is 4. The highest BCUT2D eigenvalue weighted by molar-refractivity contribution is 6.31. The van der Waals surface area contributed by atoms with E-state index in [0.29, 0.717) is 10.6 Å². The van der Waals surface area contributed by atoms with Crippen molar-refractivity contribution in [3.63, 3.8) is 0 Å². The Balaban J connectivity index is 2.11. The summed E-state index contributed by atoms with van der Waals surface area (Å²) in [5.41, 5.74) is 0.438. The summed E-state index contributed by atoms with van der Waals surface area (Å²) in [7, 11) is 1.44. The molecule has 1 aromatic carbocycles. The molecule has 0 radical (unpaired) electrons. The number of rotatable bonds is 3. The first-order valence-corrected chi connectivity index (χ1v) is 5.10. The molecule has 6 nitrogen and oxygen atoms in total. The topological polar surface area (TPSA) is 79.9 Å². The molecule has 0 atom stereocenters. The fourth-order valence-corrected chi connectivity index (χ4v) is 1.39. The minimum absolute atomic E-state index is 0.159. The fourth-order valence-electron chi connectivity index (χ4n) is 1.20. The van der Waals surface area contributed by atoms with Crippen molar-refractivity contribution in [3.8, 4) is 6.01 Å². The van der Waals surface area contributed by atoms with E-state index < -0.39 is 0 Å². The van der Waals surface area contributed by atoms with E-state index in [1.807, 2.05) is 0 Å². The molecule has 17 heavy (non-hydrogen) atoms. The molecule has 1 amide bonds. The Kier molecular flexibility index (Phi) is 3.24. The van der Waals surface area contributed by atoms with Crippen LogP contribution in [0, 0.1) is 0 Å². The maximum atomic E-state index is 11.8. The zero-order valence-electron chi connectivity index (χ0n) is 8.90. The minimum atomic E-state index is -0.327. The third kappa shape index (κ3) is 2.73. The summed E-state index contributed by atoms with van der Waals surface area (Å²) in [5.74, 6) is -0.113. The van der Waals surface area contributed by atoms with Crippen LogP contribution in [0.2, 0.25) is 5.02 Å². The van der Waals surface area contributed by atoms with Crippen LogP contribution < -0.4 is 10.1 Å². The molecule has 0 aliphatic rings. The van der Waals surface area contributed by atoms with Crippen LogP contribution in [0.5, 0.6) is 6.01 Å². The summed E-state index contributed by atoms with van der Waals surface area (Å²) in [4.78, 5) is 15.6. The second-order valence-corrected chi connectivity index (χ2v) is 3.57. The van der Waals surface area contributed by atoms with Gasteiger partial charge in [-0.05, 0) is 18.2 Å². The van der Waals surface area contributed by atoms with Gasteiger partial charge in [0.15, 0.2) is 0 Å². The molecule has 0 saturated heterocycles. The summed E-state index contributed by atoms with van der Waals surface area (Å²) >= 11 is 5.78. The first-order chi connectivity index (χ1) is 8.19. The van der Waals surface area contributed by atoms with Gasteiger partial charge in [0.1, 0.15) is 0 Å². The van der Waals surface area contributed by atoms with Crippen LogP contribution in [-0.4, -0.2) is 28.2 Å². The zero-order valence-corrected chi connectivity index (χ0v) is 9.65. The molecular formula is C10H9ClN4O2. The number of carbonyl (C=O) groups excluding carboxylic acids is 1. The third-order valence-corrected chi connectivity index (χ3v) is 2.20. The molecule has 0 fully saturated rings. The number of amides is 1.